The molecular weight excluding hydrogens is 397 g/mol. The number of pyridine rings is 2. The fourth-order valence-electron chi connectivity index (χ4n) is 3.62. The number of benzene rings is 2. The molecule has 0 saturated carbocycles. The van der Waals surface area contributed by atoms with Crippen LogP contribution < -0.4 is 5.56 Å². The van der Waals surface area contributed by atoms with Crippen LogP contribution in [0.25, 0.3) is 27.7 Å². The number of methoxy groups -OCH3 is 1. The second-order valence-electron chi connectivity index (χ2n) is 6.83. The number of halogens is 1. The van der Waals surface area contributed by atoms with Crippen molar-refractivity contribution in [1.29, 1.82) is 5.26 Å². The van der Waals surface area contributed by atoms with Gasteiger partial charge in [0.1, 0.15) is 11.9 Å². The number of carbonyl (C=O) groups excluding carboxylic acids is 1. The summed E-state index contributed by atoms with van der Waals surface area (Å²) in [6.07, 6.45) is 1.54. The number of carbonyl (C=O) groups is 1. The van der Waals surface area contributed by atoms with E-state index in [2.05, 4.69) is 11.1 Å². The zero-order valence-corrected chi connectivity index (χ0v) is 16.7. The van der Waals surface area contributed by atoms with Gasteiger partial charge in [-0.2, -0.15) is 5.26 Å². The minimum absolute atomic E-state index is 0.130. The minimum atomic E-state index is -0.654. The van der Waals surface area contributed by atoms with Crippen molar-refractivity contribution >= 4 is 16.9 Å². The second-order valence-corrected chi connectivity index (χ2v) is 6.83. The molecule has 0 radical (unpaired) electrons. The first-order valence-corrected chi connectivity index (χ1v) is 9.36. The number of ether oxygens (including phenoxy) is 1. The minimum Gasteiger partial charge on any atom is -0.465 e. The summed E-state index contributed by atoms with van der Waals surface area (Å²) in [7, 11) is 1.24. The number of fused-ring (bicyclic) bond motifs is 1. The summed E-state index contributed by atoms with van der Waals surface area (Å²) in [5.41, 5.74) is 1.93. The number of hydrogen-bond donors (Lipinski definition) is 0. The Morgan fingerprint density at radius 1 is 1.13 bits per heavy atom. The number of hydrogen-bond acceptors (Lipinski definition) is 5. The van der Waals surface area contributed by atoms with Crippen LogP contribution in [0.2, 0.25) is 0 Å². The Morgan fingerprint density at radius 2 is 1.84 bits per heavy atom. The van der Waals surface area contributed by atoms with Gasteiger partial charge in [-0.05, 0) is 42.8 Å². The molecule has 0 saturated heterocycles. The lowest BCUT2D eigenvalue weighted by atomic mass is 9.95. The highest BCUT2D eigenvalue weighted by Gasteiger charge is 2.24. The van der Waals surface area contributed by atoms with Gasteiger partial charge in [0.25, 0.3) is 5.56 Å². The number of esters is 1. The van der Waals surface area contributed by atoms with E-state index in [4.69, 9.17) is 4.74 Å². The van der Waals surface area contributed by atoms with Gasteiger partial charge < -0.3 is 4.74 Å². The SMILES string of the molecule is COC(=O)c1c(C)nc2ccn(-c3ccccc3C#N)c(=O)c2c1-c1ccc(F)cc1. The van der Waals surface area contributed by atoms with E-state index in [9.17, 15) is 19.2 Å². The van der Waals surface area contributed by atoms with Crippen LogP contribution in [-0.2, 0) is 4.74 Å². The van der Waals surface area contributed by atoms with E-state index in [1.807, 2.05) is 0 Å². The van der Waals surface area contributed by atoms with Gasteiger partial charge in [-0.15, -0.1) is 0 Å². The van der Waals surface area contributed by atoms with E-state index < -0.39 is 17.3 Å². The van der Waals surface area contributed by atoms with Gasteiger partial charge in [-0.1, -0.05) is 24.3 Å². The summed E-state index contributed by atoms with van der Waals surface area (Å²) in [5.74, 6) is -1.10. The van der Waals surface area contributed by atoms with Gasteiger partial charge in [0, 0.05) is 11.8 Å². The van der Waals surface area contributed by atoms with Gasteiger partial charge in [0.05, 0.1) is 40.5 Å². The molecule has 2 aromatic heterocycles. The molecule has 0 aliphatic rings. The predicted molar refractivity (Wildman–Crippen MR) is 114 cm³/mol. The average molecular weight is 413 g/mol. The summed E-state index contributed by atoms with van der Waals surface area (Å²) >= 11 is 0. The summed E-state index contributed by atoms with van der Waals surface area (Å²) in [6.45, 7) is 1.65. The zero-order valence-electron chi connectivity index (χ0n) is 16.7. The molecule has 152 valence electrons. The Bertz CT molecular complexity index is 1430. The Hall–Kier alpha value is -4.31. The average Bonchev–Trinajstić information content (AvgIpc) is 2.78. The van der Waals surface area contributed by atoms with Gasteiger partial charge in [-0.25, -0.2) is 9.18 Å². The van der Waals surface area contributed by atoms with Crippen molar-refractivity contribution < 1.29 is 13.9 Å². The topological polar surface area (TPSA) is 85.0 Å². The molecular formula is C24H16FN3O3. The smallest absolute Gasteiger partial charge is 0.340 e. The van der Waals surface area contributed by atoms with Crippen molar-refractivity contribution in [2.75, 3.05) is 7.11 Å². The highest BCUT2D eigenvalue weighted by molar-refractivity contribution is 6.07. The standard InChI is InChI=1S/C24H16FN3O3/c1-14-20(24(30)31-2)21(15-7-9-17(25)10-8-15)22-18(27-14)11-12-28(23(22)29)19-6-4-3-5-16(19)13-26/h3-12H,1-2H3. The third kappa shape index (κ3) is 3.34. The van der Waals surface area contributed by atoms with Crippen LogP contribution >= 0.6 is 0 Å². The molecule has 0 unspecified atom stereocenters. The number of aryl methyl sites for hydroxylation is 1. The van der Waals surface area contributed by atoms with Crippen molar-refractivity contribution in [3.8, 4) is 22.9 Å². The Labute approximate surface area is 176 Å². The van der Waals surface area contributed by atoms with Crippen LogP contribution in [0.4, 0.5) is 4.39 Å². The molecule has 0 spiro atoms. The van der Waals surface area contributed by atoms with E-state index >= 15 is 0 Å². The molecule has 4 rings (SSSR count). The van der Waals surface area contributed by atoms with E-state index in [1.54, 1.807) is 43.5 Å². The number of aromatic nitrogens is 2. The monoisotopic (exact) mass is 413 g/mol. The molecule has 2 aromatic carbocycles. The maximum Gasteiger partial charge on any atom is 0.340 e. The van der Waals surface area contributed by atoms with E-state index in [-0.39, 0.29) is 10.9 Å². The van der Waals surface area contributed by atoms with Crippen molar-refractivity contribution in [2.45, 2.75) is 6.92 Å². The Morgan fingerprint density at radius 3 is 2.52 bits per heavy atom. The van der Waals surface area contributed by atoms with Gasteiger partial charge in [-0.3, -0.25) is 14.3 Å². The first kappa shape index (κ1) is 20.0. The summed E-state index contributed by atoms with van der Waals surface area (Å²) in [5, 5.41) is 9.63. The molecule has 0 aliphatic heterocycles. The molecule has 0 fully saturated rings. The third-order valence-electron chi connectivity index (χ3n) is 5.03. The molecule has 6 nitrogen and oxygen atoms in total. The van der Waals surface area contributed by atoms with Crippen LogP contribution in [0.3, 0.4) is 0 Å². The summed E-state index contributed by atoms with van der Waals surface area (Å²) in [4.78, 5) is 30.7. The van der Waals surface area contributed by atoms with Crippen LogP contribution in [0, 0.1) is 24.1 Å². The van der Waals surface area contributed by atoms with Crippen molar-refractivity contribution in [1.82, 2.24) is 9.55 Å². The Kier molecular flexibility index (Phi) is 5.05. The zero-order chi connectivity index (χ0) is 22.1. The maximum absolute atomic E-state index is 13.6. The molecule has 0 aliphatic carbocycles. The maximum atomic E-state index is 13.6. The lowest BCUT2D eigenvalue weighted by Crippen LogP contribution is -2.21. The number of para-hydroxylation sites is 1. The number of rotatable bonds is 3. The van der Waals surface area contributed by atoms with Crippen LogP contribution in [0.1, 0.15) is 21.6 Å². The molecule has 0 atom stereocenters. The van der Waals surface area contributed by atoms with Crippen LogP contribution in [0.15, 0.2) is 65.6 Å². The van der Waals surface area contributed by atoms with Crippen molar-refractivity contribution in [3.05, 3.63) is 93.8 Å². The fourth-order valence-corrected chi connectivity index (χ4v) is 3.62. The molecule has 2 heterocycles. The highest BCUT2D eigenvalue weighted by atomic mass is 19.1. The predicted octanol–water partition coefficient (Wildman–Crippen LogP) is 4.16. The molecule has 7 heteroatoms. The molecule has 31 heavy (non-hydrogen) atoms. The lowest BCUT2D eigenvalue weighted by Gasteiger charge is -2.16. The molecule has 0 N–H and O–H groups in total. The van der Waals surface area contributed by atoms with E-state index in [1.165, 1.54) is 35.9 Å². The second kappa shape index (κ2) is 7.84. The summed E-state index contributed by atoms with van der Waals surface area (Å²) in [6, 6.07) is 15.9. The summed E-state index contributed by atoms with van der Waals surface area (Å²) < 4.78 is 19.8. The first-order chi connectivity index (χ1) is 15.0. The first-order valence-electron chi connectivity index (χ1n) is 9.36. The van der Waals surface area contributed by atoms with Crippen LogP contribution in [-0.4, -0.2) is 22.6 Å². The van der Waals surface area contributed by atoms with E-state index in [0.29, 0.717) is 33.6 Å². The fraction of sp³-hybridized carbons (Fsp3) is 0.0833. The van der Waals surface area contributed by atoms with Crippen molar-refractivity contribution in [3.63, 3.8) is 0 Å². The quantitative estimate of drug-likeness (QED) is 0.471. The van der Waals surface area contributed by atoms with Gasteiger partial charge in [0.2, 0.25) is 0 Å². The highest BCUT2D eigenvalue weighted by Crippen LogP contribution is 2.32. The number of nitriles is 1. The molecule has 0 bridgehead atoms. The lowest BCUT2D eigenvalue weighted by molar-refractivity contribution is 0.0600. The molecule has 0 amide bonds. The third-order valence-corrected chi connectivity index (χ3v) is 5.03. The largest absolute Gasteiger partial charge is 0.465 e. The van der Waals surface area contributed by atoms with Crippen LogP contribution in [0.5, 0.6) is 0 Å². The van der Waals surface area contributed by atoms with Gasteiger partial charge in [0.15, 0.2) is 0 Å². The Balaban J connectivity index is 2.17. The van der Waals surface area contributed by atoms with Gasteiger partial charge >= 0.3 is 5.97 Å². The number of nitrogens with zero attached hydrogens (tertiary/aromatic N) is 3. The molecule has 4 aromatic rings. The van der Waals surface area contributed by atoms with E-state index in [0.717, 1.165) is 0 Å². The van der Waals surface area contributed by atoms with Crippen molar-refractivity contribution in [2.24, 2.45) is 0 Å². The normalized spacial score (nSPS) is 10.6.